The molecule has 0 bridgehead atoms. The predicted octanol–water partition coefficient (Wildman–Crippen LogP) is 15.3. The van der Waals surface area contributed by atoms with Crippen LogP contribution in [-0.2, 0) is 27.9 Å². The van der Waals surface area contributed by atoms with Crippen LogP contribution in [0.5, 0.6) is 0 Å². The number of phosphoric ester groups is 1. The van der Waals surface area contributed by atoms with E-state index in [-0.39, 0.29) is 32.0 Å². The van der Waals surface area contributed by atoms with E-state index in [0.29, 0.717) is 23.9 Å². The second kappa shape index (κ2) is 45.7. The number of hydrogen-bond acceptors (Lipinski definition) is 6. The van der Waals surface area contributed by atoms with Gasteiger partial charge in [-0.1, -0.05) is 195 Å². The number of ether oxygens (including phenoxy) is 1. The molecule has 2 N–H and O–H groups in total. The summed E-state index contributed by atoms with van der Waals surface area (Å²) in [6.07, 6.45) is 60.1. The van der Waals surface area contributed by atoms with Crippen molar-refractivity contribution in [2.45, 2.75) is 206 Å². The van der Waals surface area contributed by atoms with Crippen molar-refractivity contribution in [3.63, 3.8) is 0 Å². The number of hydrogen-bond donors (Lipinski definition) is 2. The second-order valence-electron chi connectivity index (χ2n) is 18.3. The molecule has 9 nitrogen and oxygen atoms in total. The van der Waals surface area contributed by atoms with E-state index in [4.69, 9.17) is 13.8 Å². The average Bonchev–Trinajstić information content (AvgIpc) is 3.27. The highest BCUT2D eigenvalue weighted by molar-refractivity contribution is 7.47. The lowest BCUT2D eigenvalue weighted by Crippen LogP contribution is -2.47. The molecule has 0 aromatic rings. The highest BCUT2D eigenvalue weighted by atomic mass is 31.2. The molecule has 3 unspecified atom stereocenters. The number of quaternary nitrogens is 1. The summed E-state index contributed by atoms with van der Waals surface area (Å²) in [5, 5.41) is 2.97. The van der Waals surface area contributed by atoms with Crippen LogP contribution in [-0.4, -0.2) is 74.3 Å². The van der Waals surface area contributed by atoms with Gasteiger partial charge in [-0.2, -0.15) is 0 Å². The highest BCUT2D eigenvalue weighted by Gasteiger charge is 2.30. The van der Waals surface area contributed by atoms with Gasteiger partial charge in [0.2, 0.25) is 5.91 Å². The molecule has 0 aromatic heterocycles. The SMILES string of the molecule is CC/C=C/C/C=C/C/C=C/C/C=C/C/C=C/CCC(=O)NC(COP(=O)(O)OCC[N+](C)(C)C)C(/C=C/CCCCCCCCCCC)OC(=O)CC/C=C/C/C=C\CCCCCCCC. The Kier molecular flexibility index (Phi) is 43.6. The third-order valence-electron chi connectivity index (χ3n) is 10.8. The number of nitrogens with zero attached hydrogens (tertiary/aromatic N) is 1. The van der Waals surface area contributed by atoms with E-state index in [0.717, 1.165) is 64.2 Å². The Morgan fingerprint density at radius 3 is 1.45 bits per heavy atom. The maximum absolute atomic E-state index is 13.4. The van der Waals surface area contributed by atoms with Crippen LogP contribution >= 0.6 is 7.82 Å². The molecule has 1 amide bonds. The monoisotopic (exact) mass is 942 g/mol. The standard InChI is InChI=1S/C56H97N2O7P/c1-7-10-13-16-19-22-25-27-28-29-31-33-36-39-42-45-48-55(59)57-53(52-64-66(61,62)63-51-50-58(4,5)6)54(47-44-41-38-35-32-24-21-18-15-12-9-3)65-56(60)49-46-43-40-37-34-30-26-23-20-17-14-11-8-2/h10,13,19,22,27-28,30-31,33-34,39-40,42-44,47,53-54H,7-9,11-12,14-18,20-21,23-26,29,32,35-38,41,45-46,48-52H2,1-6H3,(H-,57,59,61,62)/p+1/b13-10+,22-19+,28-27+,33-31+,34-30-,42-39+,43-40+,47-44+. The number of phosphoric acid groups is 1. The zero-order valence-electron chi connectivity index (χ0n) is 42.9. The van der Waals surface area contributed by atoms with E-state index in [2.05, 4.69) is 92.9 Å². The number of rotatable bonds is 45. The van der Waals surface area contributed by atoms with Crippen LogP contribution in [0.2, 0.25) is 0 Å². The zero-order valence-corrected chi connectivity index (χ0v) is 43.8. The molecule has 0 aliphatic carbocycles. The largest absolute Gasteiger partial charge is 0.472 e. The van der Waals surface area contributed by atoms with E-state index in [1.807, 2.05) is 45.4 Å². The van der Waals surface area contributed by atoms with Crippen LogP contribution in [0, 0.1) is 0 Å². The van der Waals surface area contributed by atoms with E-state index in [1.54, 1.807) is 6.08 Å². The highest BCUT2D eigenvalue weighted by Crippen LogP contribution is 2.43. The van der Waals surface area contributed by atoms with E-state index < -0.39 is 25.9 Å². The van der Waals surface area contributed by atoms with Crippen molar-refractivity contribution in [1.82, 2.24) is 5.32 Å². The summed E-state index contributed by atoms with van der Waals surface area (Å²) < 4.78 is 30.4. The maximum atomic E-state index is 13.4. The minimum Gasteiger partial charge on any atom is -0.456 e. The Balaban J connectivity index is 5.61. The lowest BCUT2D eigenvalue weighted by molar-refractivity contribution is -0.870. The molecule has 0 heterocycles. The molecule has 0 spiro atoms. The van der Waals surface area contributed by atoms with Gasteiger partial charge in [-0.05, 0) is 83.1 Å². The molecule has 3 atom stereocenters. The summed E-state index contributed by atoms with van der Waals surface area (Å²) in [6, 6.07) is -0.913. The average molecular weight is 942 g/mol. The van der Waals surface area contributed by atoms with Crippen LogP contribution in [0.1, 0.15) is 194 Å². The minimum absolute atomic E-state index is 0.0149. The molecule has 0 aliphatic heterocycles. The third-order valence-corrected chi connectivity index (χ3v) is 11.8. The Labute approximate surface area is 405 Å². The Morgan fingerprint density at radius 2 is 0.970 bits per heavy atom. The number of carbonyl (C=O) groups is 2. The number of nitrogens with one attached hydrogen (secondary N) is 1. The van der Waals surface area contributed by atoms with Crippen molar-refractivity contribution in [3.8, 4) is 0 Å². The van der Waals surface area contributed by atoms with Gasteiger partial charge in [-0.3, -0.25) is 18.6 Å². The second-order valence-corrected chi connectivity index (χ2v) is 19.8. The fourth-order valence-electron chi connectivity index (χ4n) is 6.74. The van der Waals surface area contributed by atoms with Crippen LogP contribution in [0.3, 0.4) is 0 Å². The molecule has 0 aliphatic rings. The van der Waals surface area contributed by atoms with Crippen LogP contribution in [0.15, 0.2) is 97.2 Å². The fourth-order valence-corrected chi connectivity index (χ4v) is 7.48. The van der Waals surface area contributed by atoms with Gasteiger partial charge in [0.15, 0.2) is 0 Å². The van der Waals surface area contributed by atoms with Crippen molar-refractivity contribution in [1.29, 1.82) is 0 Å². The van der Waals surface area contributed by atoms with Crippen LogP contribution in [0.4, 0.5) is 0 Å². The van der Waals surface area contributed by atoms with Crippen molar-refractivity contribution < 1.29 is 37.3 Å². The van der Waals surface area contributed by atoms with Crippen molar-refractivity contribution in [3.05, 3.63) is 97.2 Å². The van der Waals surface area contributed by atoms with Crippen LogP contribution < -0.4 is 5.32 Å². The molecule has 10 heteroatoms. The number of esters is 1. The Bertz CT molecular complexity index is 1460. The topological polar surface area (TPSA) is 111 Å². The van der Waals surface area contributed by atoms with E-state index in [1.165, 1.54) is 83.5 Å². The van der Waals surface area contributed by atoms with Gasteiger partial charge in [0.25, 0.3) is 0 Å². The molecule has 0 aromatic carbocycles. The quantitative estimate of drug-likeness (QED) is 0.0206. The number of likely N-dealkylation sites (N-methyl/N-ethyl adjacent to an activating group) is 1. The van der Waals surface area contributed by atoms with Gasteiger partial charge in [-0.15, -0.1) is 0 Å². The lowest BCUT2D eigenvalue weighted by atomic mass is 10.1. The molecular weight excluding hydrogens is 844 g/mol. The lowest BCUT2D eigenvalue weighted by Gasteiger charge is -2.27. The smallest absolute Gasteiger partial charge is 0.456 e. The summed E-state index contributed by atoms with van der Waals surface area (Å²) >= 11 is 0. The van der Waals surface area contributed by atoms with Gasteiger partial charge in [-0.25, -0.2) is 4.57 Å². The summed E-state index contributed by atoms with van der Waals surface area (Å²) in [5.41, 5.74) is 0. The first-order valence-corrected chi connectivity index (χ1v) is 27.6. The molecular formula is C56H98N2O7P+. The van der Waals surface area contributed by atoms with Gasteiger partial charge in [0.05, 0.1) is 33.8 Å². The number of carbonyl (C=O) groups excluding carboxylic acids is 2. The first kappa shape index (κ1) is 62.9. The number of amides is 1. The zero-order chi connectivity index (χ0) is 48.7. The number of unbranched alkanes of at least 4 members (excludes halogenated alkanes) is 15. The first-order valence-electron chi connectivity index (χ1n) is 26.1. The normalized spacial score (nSPS) is 14.7. The molecule has 0 saturated carbocycles. The summed E-state index contributed by atoms with van der Waals surface area (Å²) in [7, 11) is 1.41. The minimum atomic E-state index is -4.47. The Morgan fingerprint density at radius 1 is 0.545 bits per heavy atom. The molecule has 378 valence electrons. The molecule has 0 radical (unpaired) electrons. The summed E-state index contributed by atoms with van der Waals surface area (Å²) in [4.78, 5) is 37.3. The molecule has 0 saturated heterocycles. The van der Waals surface area contributed by atoms with Crippen LogP contribution in [0.25, 0.3) is 0 Å². The fraction of sp³-hybridized carbons (Fsp3) is 0.679. The van der Waals surface area contributed by atoms with Crippen molar-refractivity contribution >= 4 is 19.7 Å². The van der Waals surface area contributed by atoms with E-state index >= 15 is 0 Å². The maximum Gasteiger partial charge on any atom is 0.472 e. The molecule has 66 heavy (non-hydrogen) atoms. The molecule has 0 fully saturated rings. The van der Waals surface area contributed by atoms with Crippen molar-refractivity contribution in [2.75, 3.05) is 40.9 Å². The van der Waals surface area contributed by atoms with Gasteiger partial charge in [0, 0.05) is 12.8 Å². The van der Waals surface area contributed by atoms with Gasteiger partial charge in [0.1, 0.15) is 19.3 Å². The first-order chi connectivity index (χ1) is 31.9. The summed E-state index contributed by atoms with van der Waals surface area (Å²) in [5.74, 6) is -0.690. The van der Waals surface area contributed by atoms with Crippen molar-refractivity contribution in [2.24, 2.45) is 0 Å². The number of allylic oxidation sites excluding steroid dienone is 15. The van der Waals surface area contributed by atoms with Gasteiger partial charge < -0.3 is 19.4 Å². The van der Waals surface area contributed by atoms with Gasteiger partial charge >= 0.3 is 13.8 Å². The summed E-state index contributed by atoms with van der Waals surface area (Å²) in [6.45, 7) is 6.75. The Hall–Kier alpha value is -3.07. The van der Waals surface area contributed by atoms with E-state index in [9.17, 15) is 19.0 Å². The third kappa shape index (κ3) is 46.1. The molecule has 0 rings (SSSR count). The predicted molar refractivity (Wildman–Crippen MR) is 281 cm³/mol.